The molecule has 0 saturated heterocycles. The Kier molecular flexibility index (Phi) is 32.2. The van der Waals surface area contributed by atoms with Crippen LogP contribution in [-0.2, 0) is 38.5 Å². The number of nitrogens with one attached hydrogen (secondary N) is 1. The average Bonchev–Trinajstić information content (AvgIpc) is 3.35. The molecule has 0 spiro atoms. The van der Waals surface area contributed by atoms with Crippen LogP contribution in [0.1, 0.15) is 266 Å². The summed E-state index contributed by atoms with van der Waals surface area (Å²) in [5.74, 6) is 2.04. The first-order valence-corrected chi connectivity index (χ1v) is 26.5. The lowest BCUT2D eigenvalue weighted by Gasteiger charge is -2.21. The molecule has 0 bridgehead atoms. The van der Waals surface area contributed by atoms with Gasteiger partial charge in [-0.2, -0.15) is 0 Å². The Morgan fingerprint density at radius 1 is 0.405 bits per heavy atom. The Morgan fingerprint density at radius 3 is 1.25 bits per heavy atom. The third-order valence-electron chi connectivity index (χ3n) is 14.3. The standard InChI is InChI=1S/2C11H15N.C10H13NO.C10H11NO.C9H8ClNO.C9H9NO2.7CH4/c2*1-8-4-3-5-11-10(8)7-6-9(2)12-11;2*1-7-5-6-8-9(11-7)3-2-4-10(8)12;10-9-5-4-6-7(11-9)2-1-3-8(6)12;11-8-3-1-2-7-6(8)4-5-9(12)10-7;;;;;;;/h2*6-8H,3-5H2,1-2H3;5-6,10,12H,2-4H2,1H3;5-6H,2-4H2,1H3;4-5H,1-3H2;4-5H,1-3H2,(H,10,12);7*1H4. The van der Waals surface area contributed by atoms with E-state index in [0.717, 1.165) is 132 Å². The molecule has 6 aliphatic rings. The zero-order valence-electron chi connectivity index (χ0n) is 43.1. The quantitative estimate of drug-likeness (QED) is 0.140. The number of rotatable bonds is 0. The van der Waals surface area contributed by atoms with Crippen LogP contribution in [0, 0.1) is 27.7 Å². The van der Waals surface area contributed by atoms with E-state index < -0.39 is 0 Å². The van der Waals surface area contributed by atoms with Gasteiger partial charge in [0.1, 0.15) is 5.15 Å². The fraction of sp³-hybridized carbons (Fsp3) is 0.507. The van der Waals surface area contributed by atoms with Gasteiger partial charge in [0.15, 0.2) is 17.3 Å². The molecule has 79 heavy (non-hydrogen) atoms. The minimum absolute atomic E-state index is 0. The molecule has 434 valence electrons. The molecule has 11 nitrogen and oxygen atoms in total. The van der Waals surface area contributed by atoms with Gasteiger partial charge in [-0.15, -0.1) is 0 Å². The Labute approximate surface area is 481 Å². The fourth-order valence-corrected chi connectivity index (χ4v) is 10.5. The molecule has 6 aromatic heterocycles. The van der Waals surface area contributed by atoms with Crippen LogP contribution in [-0.4, -0.2) is 52.4 Å². The molecule has 12 rings (SSSR count). The summed E-state index contributed by atoms with van der Waals surface area (Å²) in [4.78, 5) is 69.5. The van der Waals surface area contributed by atoms with E-state index in [1.54, 1.807) is 18.2 Å². The highest BCUT2D eigenvalue weighted by molar-refractivity contribution is 6.29. The summed E-state index contributed by atoms with van der Waals surface area (Å²) in [6, 6.07) is 23.0. The van der Waals surface area contributed by atoms with Gasteiger partial charge in [-0.3, -0.25) is 39.1 Å². The smallest absolute Gasteiger partial charge is 0.248 e. The number of pyridine rings is 6. The maximum absolute atomic E-state index is 11.4. The first kappa shape index (κ1) is 73.0. The molecular weight excluding hydrogens is 1000 g/mol. The van der Waals surface area contributed by atoms with Crippen molar-refractivity contribution in [2.24, 2.45) is 0 Å². The molecule has 2 N–H and O–H groups in total. The van der Waals surface area contributed by atoms with E-state index in [0.29, 0.717) is 30.0 Å². The highest BCUT2D eigenvalue weighted by atomic mass is 35.5. The van der Waals surface area contributed by atoms with Crippen molar-refractivity contribution in [1.29, 1.82) is 0 Å². The predicted octanol–water partition coefficient (Wildman–Crippen LogP) is 16.9. The van der Waals surface area contributed by atoms with Gasteiger partial charge < -0.3 is 10.1 Å². The van der Waals surface area contributed by atoms with E-state index in [1.165, 1.54) is 67.1 Å². The van der Waals surface area contributed by atoms with Crippen LogP contribution in [0.4, 0.5) is 0 Å². The second kappa shape index (κ2) is 34.9. The molecule has 3 atom stereocenters. The van der Waals surface area contributed by atoms with Gasteiger partial charge in [-0.05, 0) is 196 Å². The Hall–Kier alpha value is -6.04. The summed E-state index contributed by atoms with van der Waals surface area (Å²) < 4.78 is 0. The number of carbonyl (C=O) groups is 3. The summed E-state index contributed by atoms with van der Waals surface area (Å²) in [5, 5.41) is 10.1. The Morgan fingerprint density at radius 2 is 0.759 bits per heavy atom. The number of hydrogen-bond donors (Lipinski definition) is 2. The number of aliphatic hydroxyl groups excluding tert-OH is 1. The molecule has 0 saturated carbocycles. The van der Waals surface area contributed by atoms with Gasteiger partial charge >= 0.3 is 0 Å². The second-order valence-electron chi connectivity index (χ2n) is 20.1. The number of carbonyl (C=O) groups excluding carboxylic acids is 3. The number of fused-ring (bicyclic) bond motifs is 6. The van der Waals surface area contributed by atoms with Crippen molar-refractivity contribution in [1.82, 2.24) is 29.9 Å². The van der Waals surface area contributed by atoms with Gasteiger partial charge in [0.25, 0.3) is 0 Å². The SMILES string of the molecule is C.C.C.C.C.C.C.Cc1ccc2c(n1)CCCC2=O.Cc1ccc2c(n1)CCCC2C.Cc1ccc2c(n1)CCCC2C.Cc1ccc2c(n1)CCCC2O.O=C1CCCc2[nH]c(=O)ccc21.O=C1CCCc2nc(Cl)ccc21. The predicted molar refractivity (Wildman–Crippen MR) is 332 cm³/mol. The highest BCUT2D eigenvalue weighted by Crippen LogP contribution is 2.32. The third kappa shape index (κ3) is 20.2. The van der Waals surface area contributed by atoms with E-state index in [1.807, 2.05) is 38.1 Å². The molecule has 0 aromatic carbocycles. The Bertz CT molecular complexity index is 2740. The molecule has 0 radical (unpaired) electrons. The molecule has 6 aliphatic carbocycles. The fourth-order valence-electron chi connectivity index (χ4n) is 10.4. The number of aromatic nitrogens is 6. The van der Waals surface area contributed by atoms with Gasteiger partial charge in [0.2, 0.25) is 5.56 Å². The number of aryl methyl sites for hydroxylation is 10. The Balaban J connectivity index is 0.000000908. The van der Waals surface area contributed by atoms with Crippen LogP contribution in [0.15, 0.2) is 77.6 Å². The van der Waals surface area contributed by atoms with Crippen molar-refractivity contribution in [3.05, 3.63) is 179 Å². The van der Waals surface area contributed by atoms with Crippen LogP contribution in [0.3, 0.4) is 0 Å². The number of hydrogen-bond acceptors (Lipinski definition) is 10. The van der Waals surface area contributed by atoms with Crippen molar-refractivity contribution in [3.63, 3.8) is 0 Å². The minimum atomic E-state index is -0.276. The van der Waals surface area contributed by atoms with E-state index in [-0.39, 0.29) is 81.0 Å². The second-order valence-corrected chi connectivity index (χ2v) is 20.5. The summed E-state index contributed by atoms with van der Waals surface area (Å²) in [7, 11) is 0. The molecule has 0 amide bonds. The van der Waals surface area contributed by atoms with E-state index in [4.69, 9.17) is 11.6 Å². The third-order valence-corrected chi connectivity index (χ3v) is 14.5. The van der Waals surface area contributed by atoms with Crippen molar-refractivity contribution >= 4 is 29.0 Å². The van der Waals surface area contributed by atoms with E-state index in [2.05, 4.69) is 81.9 Å². The van der Waals surface area contributed by atoms with Crippen LogP contribution in [0.2, 0.25) is 5.15 Å². The van der Waals surface area contributed by atoms with Gasteiger partial charge in [0, 0.05) is 93.1 Å². The van der Waals surface area contributed by atoms with Gasteiger partial charge in [-0.25, -0.2) is 4.98 Å². The van der Waals surface area contributed by atoms with Crippen LogP contribution in [0.25, 0.3) is 0 Å². The average molecular weight is 1100 g/mol. The number of aromatic amines is 1. The lowest BCUT2D eigenvalue weighted by molar-refractivity contribution is 0.0963. The maximum Gasteiger partial charge on any atom is 0.248 e. The van der Waals surface area contributed by atoms with Gasteiger partial charge in [0.05, 0.1) is 17.5 Å². The molecule has 6 heterocycles. The van der Waals surface area contributed by atoms with E-state index >= 15 is 0 Å². The van der Waals surface area contributed by atoms with Crippen molar-refractivity contribution in [2.45, 2.75) is 227 Å². The van der Waals surface area contributed by atoms with Crippen LogP contribution >= 0.6 is 11.6 Å². The van der Waals surface area contributed by atoms with Crippen LogP contribution < -0.4 is 5.56 Å². The molecule has 6 aromatic rings. The number of nitrogens with zero attached hydrogens (tertiary/aromatic N) is 5. The zero-order valence-corrected chi connectivity index (χ0v) is 43.8. The number of Topliss-reactive ketones (excluding diaryl/α,β-unsaturated/α-hetero) is 3. The molecular formula is C67H99ClN6O5. The van der Waals surface area contributed by atoms with Crippen molar-refractivity contribution in [2.75, 3.05) is 0 Å². The van der Waals surface area contributed by atoms with Crippen LogP contribution in [0.5, 0.6) is 0 Å². The largest absolute Gasteiger partial charge is 0.388 e. The minimum Gasteiger partial charge on any atom is -0.388 e. The monoisotopic (exact) mass is 1100 g/mol. The summed E-state index contributed by atoms with van der Waals surface area (Å²) in [6.45, 7) is 12.7. The lowest BCUT2D eigenvalue weighted by atomic mass is 9.87. The summed E-state index contributed by atoms with van der Waals surface area (Å²) in [5.41, 5.74) is 16.9. The number of ketones is 3. The maximum atomic E-state index is 11.4. The highest BCUT2D eigenvalue weighted by Gasteiger charge is 2.22. The summed E-state index contributed by atoms with van der Waals surface area (Å²) >= 11 is 5.70. The zero-order chi connectivity index (χ0) is 51.3. The molecule has 12 heteroatoms. The lowest BCUT2D eigenvalue weighted by Crippen LogP contribution is -2.17. The first-order chi connectivity index (χ1) is 34.6. The van der Waals surface area contributed by atoms with E-state index in [9.17, 15) is 24.3 Å². The number of halogens is 1. The number of aliphatic hydroxyl groups is 1. The number of H-pyrrole nitrogens is 1. The van der Waals surface area contributed by atoms with Crippen molar-refractivity contribution < 1.29 is 19.5 Å². The van der Waals surface area contributed by atoms with Crippen molar-refractivity contribution in [3.8, 4) is 0 Å². The molecule has 3 unspecified atom stereocenters. The summed E-state index contributed by atoms with van der Waals surface area (Å²) in [6.07, 6.45) is 17.7. The first-order valence-electron chi connectivity index (χ1n) is 26.1. The molecule has 0 fully saturated rings. The topological polar surface area (TPSA) is 169 Å². The normalized spacial score (nSPS) is 17.3. The van der Waals surface area contributed by atoms with Gasteiger partial charge in [-0.1, -0.05) is 95.6 Å². The molecule has 0 aliphatic heterocycles.